The van der Waals surface area contributed by atoms with Crippen LogP contribution in [0, 0.1) is 18.3 Å². The first-order valence-electron chi connectivity index (χ1n) is 5.48. The van der Waals surface area contributed by atoms with Gasteiger partial charge >= 0.3 is 0 Å². The zero-order valence-corrected chi connectivity index (χ0v) is 11.8. The summed E-state index contributed by atoms with van der Waals surface area (Å²) in [7, 11) is -3.18. The number of nitriles is 1. The summed E-state index contributed by atoms with van der Waals surface area (Å²) < 4.78 is 22.2. The molecule has 0 unspecified atom stereocenters. The first-order valence-corrected chi connectivity index (χ1v) is 7.37. The van der Waals surface area contributed by atoms with E-state index in [0.717, 1.165) is 5.56 Å². The minimum Gasteiger partial charge on any atom is -0.367 e. The van der Waals surface area contributed by atoms with E-state index in [2.05, 4.69) is 16.4 Å². The summed E-state index contributed by atoms with van der Waals surface area (Å²) in [4.78, 5) is 4.07. The Labute approximate surface area is 108 Å². The van der Waals surface area contributed by atoms with Crippen LogP contribution in [-0.2, 0) is 9.84 Å². The van der Waals surface area contributed by atoms with E-state index in [4.69, 9.17) is 5.26 Å². The van der Waals surface area contributed by atoms with E-state index >= 15 is 0 Å². The van der Waals surface area contributed by atoms with Crippen molar-refractivity contribution in [3.8, 4) is 6.07 Å². The highest BCUT2D eigenvalue weighted by Gasteiger charge is 2.30. The summed E-state index contributed by atoms with van der Waals surface area (Å²) >= 11 is 0. The molecule has 6 heteroatoms. The number of pyridine rings is 1. The Balaban J connectivity index is 2.96. The molecule has 0 aliphatic rings. The average Bonchev–Trinajstić information content (AvgIpc) is 2.25. The number of nitrogens with zero attached hydrogens (tertiary/aromatic N) is 2. The zero-order chi connectivity index (χ0) is 14.0. The summed E-state index contributed by atoms with van der Waals surface area (Å²) in [6.07, 6.45) is 2.79. The molecule has 1 aromatic rings. The van der Waals surface area contributed by atoms with Crippen LogP contribution >= 0.6 is 0 Å². The molecule has 0 aliphatic heterocycles. The summed E-state index contributed by atoms with van der Waals surface area (Å²) in [5.41, 5.74) is 1.26. The Hall–Kier alpha value is -1.61. The van der Waals surface area contributed by atoms with Crippen molar-refractivity contribution >= 4 is 15.7 Å². The molecule has 0 amide bonds. The fourth-order valence-electron chi connectivity index (χ4n) is 1.26. The van der Waals surface area contributed by atoms with Crippen LogP contribution in [0.15, 0.2) is 12.3 Å². The Bertz CT molecular complexity index is 586. The smallest absolute Gasteiger partial charge is 0.154 e. The lowest BCUT2D eigenvalue weighted by molar-refractivity contribution is 0.559. The minimum atomic E-state index is -3.18. The standard InChI is InChI=1S/C12H17N3O2S/c1-9-5-6-14-11(10(9)7-13)15-8-12(2,3)18(4,16)17/h5-6H,8H2,1-4H3,(H,14,15). The summed E-state index contributed by atoms with van der Waals surface area (Å²) in [5.74, 6) is 0.425. The maximum Gasteiger partial charge on any atom is 0.154 e. The number of sulfone groups is 1. The predicted molar refractivity (Wildman–Crippen MR) is 71.1 cm³/mol. The molecule has 98 valence electrons. The number of aryl methyl sites for hydroxylation is 1. The lowest BCUT2D eigenvalue weighted by atomic mass is 10.1. The highest BCUT2D eigenvalue weighted by atomic mass is 32.2. The third-order valence-electron chi connectivity index (χ3n) is 2.96. The van der Waals surface area contributed by atoms with E-state index in [1.807, 2.05) is 6.92 Å². The summed E-state index contributed by atoms with van der Waals surface area (Å²) in [5, 5.41) is 12.0. The molecule has 0 aromatic carbocycles. The molecule has 0 aliphatic carbocycles. The highest BCUT2D eigenvalue weighted by molar-refractivity contribution is 7.92. The van der Waals surface area contributed by atoms with E-state index in [1.165, 1.54) is 6.26 Å². The monoisotopic (exact) mass is 267 g/mol. The molecule has 1 N–H and O–H groups in total. The van der Waals surface area contributed by atoms with Gasteiger partial charge in [0.1, 0.15) is 11.9 Å². The van der Waals surface area contributed by atoms with Gasteiger partial charge in [-0.1, -0.05) is 0 Å². The molecule has 0 radical (unpaired) electrons. The molecule has 18 heavy (non-hydrogen) atoms. The molecule has 0 bridgehead atoms. The number of rotatable bonds is 4. The lowest BCUT2D eigenvalue weighted by Gasteiger charge is -2.23. The van der Waals surface area contributed by atoms with Crippen LogP contribution in [0.5, 0.6) is 0 Å². The largest absolute Gasteiger partial charge is 0.367 e. The normalized spacial score (nSPS) is 11.9. The maximum atomic E-state index is 11.6. The van der Waals surface area contributed by atoms with Crippen LogP contribution in [0.3, 0.4) is 0 Å². The average molecular weight is 267 g/mol. The molecular formula is C12H17N3O2S. The first-order chi connectivity index (χ1) is 8.19. The van der Waals surface area contributed by atoms with Gasteiger partial charge in [-0.05, 0) is 32.4 Å². The van der Waals surface area contributed by atoms with Crippen LogP contribution in [0.1, 0.15) is 25.0 Å². The SMILES string of the molecule is Cc1ccnc(NCC(C)(C)S(C)(=O)=O)c1C#N. The van der Waals surface area contributed by atoms with Crippen LogP contribution in [0.25, 0.3) is 0 Å². The quantitative estimate of drug-likeness (QED) is 0.893. The van der Waals surface area contributed by atoms with Gasteiger partial charge in [-0.15, -0.1) is 0 Å². The molecule has 0 spiro atoms. The van der Waals surface area contributed by atoms with E-state index in [-0.39, 0.29) is 6.54 Å². The third-order valence-corrected chi connectivity index (χ3v) is 5.11. The van der Waals surface area contributed by atoms with Crippen molar-refractivity contribution in [3.05, 3.63) is 23.4 Å². The van der Waals surface area contributed by atoms with Crippen LogP contribution < -0.4 is 5.32 Å². The number of anilines is 1. The van der Waals surface area contributed by atoms with E-state index in [1.54, 1.807) is 26.1 Å². The van der Waals surface area contributed by atoms with Gasteiger partial charge in [-0.3, -0.25) is 0 Å². The predicted octanol–water partition coefficient (Wildman–Crippen LogP) is 1.50. The first kappa shape index (κ1) is 14.5. The molecule has 1 aromatic heterocycles. The van der Waals surface area contributed by atoms with Crippen LogP contribution in [0.2, 0.25) is 0 Å². The second-order valence-electron chi connectivity index (χ2n) is 4.85. The second kappa shape index (κ2) is 4.94. The van der Waals surface area contributed by atoms with Gasteiger partial charge in [-0.2, -0.15) is 5.26 Å². The fraction of sp³-hybridized carbons (Fsp3) is 0.500. The molecule has 0 saturated heterocycles. The Kier molecular flexibility index (Phi) is 3.97. The topological polar surface area (TPSA) is 82.8 Å². The summed E-state index contributed by atoms with van der Waals surface area (Å²) in [6.45, 7) is 5.29. The molecule has 0 fully saturated rings. The van der Waals surface area contributed by atoms with Crippen molar-refractivity contribution in [1.29, 1.82) is 5.26 Å². The molecule has 5 nitrogen and oxygen atoms in total. The van der Waals surface area contributed by atoms with Gasteiger partial charge in [0.15, 0.2) is 9.84 Å². The highest BCUT2D eigenvalue weighted by Crippen LogP contribution is 2.19. The van der Waals surface area contributed by atoms with Crippen molar-refractivity contribution in [2.75, 3.05) is 18.1 Å². The van der Waals surface area contributed by atoms with Crippen LogP contribution in [0.4, 0.5) is 5.82 Å². The van der Waals surface area contributed by atoms with Crippen molar-refractivity contribution in [3.63, 3.8) is 0 Å². The molecular weight excluding hydrogens is 250 g/mol. The zero-order valence-electron chi connectivity index (χ0n) is 11.0. The Morgan fingerprint density at radius 3 is 2.61 bits per heavy atom. The second-order valence-corrected chi connectivity index (χ2v) is 7.50. The molecule has 1 rings (SSSR count). The third kappa shape index (κ3) is 2.99. The number of hydrogen-bond donors (Lipinski definition) is 1. The van der Waals surface area contributed by atoms with Gasteiger partial charge in [0.25, 0.3) is 0 Å². The number of nitrogens with one attached hydrogen (secondary N) is 1. The van der Waals surface area contributed by atoms with Crippen molar-refractivity contribution in [1.82, 2.24) is 4.98 Å². The van der Waals surface area contributed by atoms with Crippen molar-refractivity contribution in [2.24, 2.45) is 0 Å². The van der Waals surface area contributed by atoms with E-state index < -0.39 is 14.6 Å². The van der Waals surface area contributed by atoms with Gasteiger partial charge in [0.2, 0.25) is 0 Å². The fourth-order valence-corrected chi connectivity index (χ4v) is 1.60. The number of aromatic nitrogens is 1. The summed E-state index contributed by atoms with van der Waals surface area (Å²) in [6, 6.07) is 3.81. The Morgan fingerprint density at radius 2 is 2.11 bits per heavy atom. The van der Waals surface area contributed by atoms with Crippen LogP contribution in [-0.4, -0.2) is 30.9 Å². The van der Waals surface area contributed by atoms with Crippen molar-refractivity contribution < 1.29 is 8.42 Å². The molecule has 0 atom stereocenters. The van der Waals surface area contributed by atoms with Gasteiger partial charge in [0.05, 0.1) is 10.3 Å². The van der Waals surface area contributed by atoms with Gasteiger partial charge < -0.3 is 5.32 Å². The maximum absolute atomic E-state index is 11.6. The van der Waals surface area contributed by atoms with E-state index in [9.17, 15) is 8.42 Å². The lowest BCUT2D eigenvalue weighted by Crippen LogP contribution is -2.38. The Morgan fingerprint density at radius 1 is 1.50 bits per heavy atom. The molecule has 0 saturated carbocycles. The minimum absolute atomic E-state index is 0.205. The number of hydrogen-bond acceptors (Lipinski definition) is 5. The van der Waals surface area contributed by atoms with Gasteiger partial charge in [0, 0.05) is 19.0 Å². The molecule has 1 heterocycles. The van der Waals surface area contributed by atoms with Gasteiger partial charge in [-0.25, -0.2) is 13.4 Å². The van der Waals surface area contributed by atoms with Crippen molar-refractivity contribution in [2.45, 2.75) is 25.5 Å². The van der Waals surface area contributed by atoms with E-state index in [0.29, 0.717) is 11.4 Å².